The van der Waals surface area contributed by atoms with Gasteiger partial charge in [-0.05, 0) is 49.2 Å². The molecule has 2 aromatic rings. The second kappa shape index (κ2) is 7.65. The molecule has 0 aromatic heterocycles. The van der Waals surface area contributed by atoms with Crippen LogP contribution in [0.5, 0.6) is 5.75 Å². The van der Waals surface area contributed by atoms with Gasteiger partial charge in [0, 0.05) is 0 Å². The predicted molar refractivity (Wildman–Crippen MR) is 88.5 cm³/mol. The van der Waals surface area contributed by atoms with Gasteiger partial charge in [0.25, 0.3) is 11.8 Å². The second-order valence-corrected chi connectivity index (χ2v) is 5.42. The van der Waals surface area contributed by atoms with Gasteiger partial charge in [0.2, 0.25) is 0 Å². The Morgan fingerprint density at radius 3 is 2.48 bits per heavy atom. The fourth-order valence-corrected chi connectivity index (χ4v) is 2.05. The van der Waals surface area contributed by atoms with Crippen LogP contribution in [0.15, 0.2) is 42.5 Å². The lowest BCUT2D eigenvalue weighted by Gasteiger charge is -2.10. The van der Waals surface area contributed by atoms with Crippen molar-refractivity contribution < 1.29 is 14.3 Å². The maximum atomic E-state index is 11.9. The summed E-state index contributed by atoms with van der Waals surface area (Å²) in [6, 6.07) is 12.1. The molecule has 0 spiro atoms. The maximum Gasteiger partial charge on any atom is 0.276 e. The Kier molecular flexibility index (Phi) is 5.60. The van der Waals surface area contributed by atoms with Crippen LogP contribution in [-0.2, 0) is 4.79 Å². The van der Waals surface area contributed by atoms with Crippen LogP contribution in [0.1, 0.15) is 21.5 Å². The Morgan fingerprint density at radius 1 is 1.04 bits per heavy atom. The Balaban J connectivity index is 1.82. The zero-order valence-corrected chi connectivity index (χ0v) is 13.6. The van der Waals surface area contributed by atoms with Gasteiger partial charge in [-0.2, -0.15) is 0 Å². The van der Waals surface area contributed by atoms with E-state index < -0.39 is 11.8 Å². The highest BCUT2D eigenvalue weighted by Gasteiger charge is 2.10. The summed E-state index contributed by atoms with van der Waals surface area (Å²) in [6.07, 6.45) is 0. The topological polar surface area (TPSA) is 67.4 Å². The number of rotatable bonds is 4. The third-order valence-electron chi connectivity index (χ3n) is 3.28. The molecule has 0 heterocycles. The van der Waals surface area contributed by atoms with Gasteiger partial charge >= 0.3 is 0 Å². The van der Waals surface area contributed by atoms with E-state index in [4.69, 9.17) is 16.3 Å². The van der Waals surface area contributed by atoms with Crippen molar-refractivity contribution in [1.82, 2.24) is 10.9 Å². The van der Waals surface area contributed by atoms with Gasteiger partial charge in [0.05, 0.1) is 10.6 Å². The van der Waals surface area contributed by atoms with E-state index in [1.807, 2.05) is 26.0 Å². The lowest BCUT2D eigenvalue weighted by atomic mass is 10.1. The van der Waals surface area contributed by atoms with Crippen molar-refractivity contribution in [2.75, 3.05) is 6.61 Å². The van der Waals surface area contributed by atoms with Crippen molar-refractivity contribution in [2.45, 2.75) is 13.8 Å². The number of ether oxygens (including phenoxy) is 1. The zero-order chi connectivity index (χ0) is 16.8. The molecular formula is C17H17ClN2O3. The van der Waals surface area contributed by atoms with E-state index >= 15 is 0 Å². The molecule has 0 atom stereocenters. The number of amides is 2. The van der Waals surface area contributed by atoms with Crippen LogP contribution in [0.4, 0.5) is 0 Å². The third kappa shape index (κ3) is 4.72. The Bertz CT molecular complexity index is 732. The molecule has 0 radical (unpaired) electrons. The van der Waals surface area contributed by atoms with E-state index in [1.54, 1.807) is 30.3 Å². The largest absolute Gasteiger partial charge is 0.484 e. The van der Waals surface area contributed by atoms with E-state index in [9.17, 15) is 9.59 Å². The zero-order valence-electron chi connectivity index (χ0n) is 12.9. The second-order valence-electron chi connectivity index (χ2n) is 5.02. The molecular weight excluding hydrogens is 316 g/mol. The molecule has 0 fully saturated rings. The molecule has 0 bridgehead atoms. The number of carbonyl (C=O) groups is 2. The summed E-state index contributed by atoms with van der Waals surface area (Å²) in [5.74, 6) is -0.362. The monoisotopic (exact) mass is 332 g/mol. The minimum atomic E-state index is -0.491. The Hall–Kier alpha value is -2.53. The van der Waals surface area contributed by atoms with Gasteiger partial charge in [-0.3, -0.25) is 20.4 Å². The first kappa shape index (κ1) is 16.8. The summed E-state index contributed by atoms with van der Waals surface area (Å²) < 4.78 is 5.38. The molecule has 2 N–H and O–H groups in total. The lowest BCUT2D eigenvalue weighted by Crippen LogP contribution is -2.43. The summed E-state index contributed by atoms with van der Waals surface area (Å²) >= 11 is 5.90. The van der Waals surface area contributed by atoms with Gasteiger partial charge in [-0.25, -0.2) is 0 Å². The quantitative estimate of drug-likeness (QED) is 0.846. The van der Waals surface area contributed by atoms with Gasteiger partial charge in [0.1, 0.15) is 5.75 Å². The van der Waals surface area contributed by atoms with E-state index in [-0.39, 0.29) is 12.2 Å². The van der Waals surface area contributed by atoms with E-state index in [2.05, 4.69) is 10.9 Å². The molecule has 0 aliphatic heterocycles. The van der Waals surface area contributed by atoms with Crippen molar-refractivity contribution in [3.63, 3.8) is 0 Å². The van der Waals surface area contributed by atoms with Crippen molar-refractivity contribution in [2.24, 2.45) is 0 Å². The number of carbonyl (C=O) groups excluding carboxylic acids is 2. The molecule has 23 heavy (non-hydrogen) atoms. The number of aryl methyl sites for hydroxylation is 2. The third-order valence-corrected chi connectivity index (χ3v) is 3.61. The number of hydrazine groups is 1. The van der Waals surface area contributed by atoms with Crippen LogP contribution in [0.2, 0.25) is 5.02 Å². The van der Waals surface area contributed by atoms with Crippen LogP contribution < -0.4 is 15.6 Å². The van der Waals surface area contributed by atoms with Crippen LogP contribution >= 0.6 is 11.6 Å². The fraction of sp³-hybridized carbons (Fsp3) is 0.176. The molecule has 0 saturated heterocycles. The van der Waals surface area contributed by atoms with E-state index in [0.717, 1.165) is 11.1 Å². The van der Waals surface area contributed by atoms with E-state index in [1.165, 1.54) is 0 Å². The first-order valence-corrected chi connectivity index (χ1v) is 7.39. The lowest BCUT2D eigenvalue weighted by molar-refractivity contribution is -0.123. The summed E-state index contributed by atoms with van der Waals surface area (Å²) in [6.45, 7) is 3.76. The number of benzene rings is 2. The minimum absolute atomic E-state index is 0.203. The molecule has 2 aromatic carbocycles. The van der Waals surface area contributed by atoms with Crippen LogP contribution in [0, 0.1) is 13.8 Å². The normalized spacial score (nSPS) is 10.0. The van der Waals surface area contributed by atoms with Gasteiger partial charge in [0.15, 0.2) is 6.61 Å². The molecule has 5 nitrogen and oxygen atoms in total. The average molecular weight is 333 g/mol. The summed E-state index contributed by atoms with van der Waals surface area (Å²) in [5, 5.41) is 0.311. The van der Waals surface area contributed by atoms with Crippen LogP contribution in [0.3, 0.4) is 0 Å². The highest BCUT2D eigenvalue weighted by atomic mass is 35.5. The SMILES string of the molecule is Cc1ccc(OCC(=O)NNC(=O)c2ccccc2Cl)cc1C. The maximum absolute atomic E-state index is 11.9. The first-order valence-electron chi connectivity index (χ1n) is 7.01. The standard InChI is InChI=1S/C17H17ClN2O3/c1-11-7-8-13(9-12(11)2)23-10-16(21)19-20-17(22)14-5-3-4-6-15(14)18/h3-9H,10H2,1-2H3,(H,19,21)(H,20,22). The van der Waals surface area contributed by atoms with Crippen molar-refractivity contribution in [3.05, 3.63) is 64.2 Å². The molecule has 0 unspecified atom stereocenters. The number of hydrogen-bond acceptors (Lipinski definition) is 3. The molecule has 2 rings (SSSR count). The number of halogens is 1. The molecule has 120 valence electrons. The molecule has 0 aliphatic rings. The molecule has 0 saturated carbocycles. The summed E-state index contributed by atoms with van der Waals surface area (Å²) in [4.78, 5) is 23.6. The van der Waals surface area contributed by atoms with Crippen LogP contribution in [-0.4, -0.2) is 18.4 Å². The van der Waals surface area contributed by atoms with Gasteiger partial charge < -0.3 is 4.74 Å². The highest BCUT2D eigenvalue weighted by Crippen LogP contribution is 2.16. The summed E-state index contributed by atoms with van der Waals surface area (Å²) in [7, 11) is 0. The van der Waals surface area contributed by atoms with Crippen molar-refractivity contribution in [1.29, 1.82) is 0 Å². The predicted octanol–water partition coefficient (Wildman–Crippen LogP) is 2.80. The van der Waals surface area contributed by atoms with Gasteiger partial charge in [-0.15, -0.1) is 0 Å². The molecule has 6 heteroatoms. The minimum Gasteiger partial charge on any atom is -0.484 e. The molecule has 0 aliphatic carbocycles. The molecule has 2 amide bonds. The fourth-order valence-electron chi connectivity index (χ4n) is 1.83. The summed E-state index contributed by atoms with van der Waals surface area (Å²) in [5.41, 5.74) is 7.08. The Labute approximate surface area is 139 Å². The smallest absolute Gasteiger partial charge is 0.276 e. The first-order chi connectivity index (χ1) is 11.0. The Morgan fingerprint density at radius 2 is 1.78 bits per heavy atom. The van der Waals surface area contributed by atoms with Crippen molar-refractivity contribution in [3.8, 4) is 5.75 Å². The number of nitrogens with one attached hydrogen (secondary N) is 2. The highest BCUT2D eigenvalue weighted by molar-refractivity contribution is 6.33. The average Bonchev–Trinajstić information content (AvgIpc) is 2.54. The van der Waals surface area contributed by atoms with Crippen molar-refractivity contribution >= 4 is 23.4 Å². The van der Waals surface area contributed by atoms with Crippen LogP contribution in [0.25, 0.3) is 0 Å². The van der Waals surface area contributed by atoms with E-state index in [0.29, 0.717) is 10.8 Å². The number of hydrogen-bond donors (Lipinski definition) is 2. The van der Waals surface area contributed by atoms with Gasteiger partial charge in [-0.1, -0.05) is 29.8 Å².